The van der Waals surface area contributed by atoms with E-state index in [1.54, 1.807) is 24.3 Å². The fraction of sp³-hybridized carbons (Fsp3) is 0.346. The molecule has 1 saturated heterocycles. The van der Waals surface area contributed by atoms with Crippen molar-refractivity contribution < 1.29 is 32.9 Å². The van der Waals surface area contributed by atoms with Crippen molar-refractivity contribution in [2.45, 2.75) is 31.5 Å². The van der Waals surface area contributed by atoms with Crippen LogP contribution in [-0.2, 0) is 4.79 Å². The number of aliphatic hydroxyl groups excluding tert-OH is 1. The molecule has 204 valence electrons. The standard InChI is InChI=1S/C26H26F2N6O5/c1-15(35)24(36)34-11-9-21(26(27,28)14-34)39-19-5-4-16(12-17(19)13-29)18-8-10-30-25(31-18)33-22-7-6-20(37-2)23(32-22)38-3/h4-8,10,12,15,21,35H,9,11,14H2,1-3H3,(H,30,31,32,33). The van der Waals surface area contributed by atoms with Gasteiger partial charge in [-0.25, -0.2) is 18.7 Å². The van der Waals surface area contributed by atoms with E-state index >= 15 is 0 Å². The number of aliphatic hydroxyl groups is 1. The molecule has 1 aliphatic heterocycles. The van der Waals surface area contributed by atoms with E-state index < -0.39 is 30.6 Å². The summed E-state index contributed by atoms with van der Waals surface area (Å²) in [6.07, 6.45) is -1.56. The number of amides is 1. The lowest BCUT2D eigenvalue weighted by molar-refractivity contribution is -0.165. The molecule has 13 heteroatoms. The first-order valence-corrected chi connectivity index (χ1v) is 11.9. The molecule has 3 aromatic rings. The van der Waals surface area contributed by atoms with E-state index in [-0.39, 0.29) is 36.1 Å². The van der Waals surface area contributed by atoms with Gasteiger partial charge < -0.3 is 29.5 Å². The van der Waals surface area contributed by atoms with Crippen LogP contribution < -0.4 is 19.5 Å². The fourth-order valence-electron chi connectivity index (χ4n) is 4.04. The molecule has 2 N–H and O–H groups in total. The summed E-state index contributed by atoms with van der Waals surface area (Å²) in [6.45, 7) is 0.343. The number of hydrogen-bond acceptors (Lipinski definition) is 10. The maximum absolute atomic E-state index is 14.8. The van der Waals surface area contributed by atoms with Gasteiger partial charge >= 0.3 is 5.92 Å². The number of aromatic nitrogens is 3. The molecule has 3 heterocycles. The predicted molar refractivity (Wildman–Crippen MR) is 135 cm³/mol. The van der Waals surface area contributed by atoms with Crippen molar-refractivity contribution >= 4 is 17.7 Å². The first kappa shape index (κ1) is 27.5. The summed E-state index contributed by atoms with van der Waals surface area (Å²) in [5, 5.41) is 22.1. The highest BCUT2D eigenvalue weighted by Crippen LogP contribution is 2.34. The van der Waals surface area contributed by atoms with Crippen LogP contribution >= 0.6 is 0 Å². The second-order valence-corrected chi connectivity index (χ2v) is 8.71. The van der Waals surface area contributed by atoms with Crippen LogP contribution in [0.15, 0.2) is 42.6 Å². The number of rotatable bonds is 8. The summed E-state index contributed by atoms with van der Waals surface area (Å²) in [5.74, 6) is -2.78. The second-order valence-electron chi connectivity index (χ2n) is 8.71. The minimum atomic E-state index is -3.38. The van der Waals surface area contributed by atoms with Crippen LogP contribution in [0.5, 0.6) is 17.4 Å². The van der Waals surface area contributed by atoms with Crippen molar-refractivity contribution in [2.75, 3.05) is 32.6 Å². The summed E-state index contributed by atoms with van der Waals surface area (Å²) in [5.41, 5.74) is 1.04. The summed E-state index contributed by atoms with van der Waals surface area (Å²) >= 11 is 0. The third kappa shape index (κ3) is 6.12. The highest BCUT2D eigenvalue weighted by molar-refractivity contribution is 5.80. The van der Waals surface area contributed by atoms with Gasteiger partial charge in [0.15, 0.2) is 11.9 Å². The zero-order valence-corrected chi connectivity index (χ0v) is 21.4. The van der Waals surface area contributed by atoms with Gasteiger partial charge in [0, 0.05) is 24.7 Å². The molecule has 1 aromatic carbocycles. The Kier molecular flexibility index (Phi) is 8.06. The summed E-state index contributed by atoms with van der Waals surface area (Å²) < 4.78 is 45.5. The van der Waals surface area contributed by atoms with Gasteiger partial charge in [-0.1, -0.05) is 0 Å². The van der Waals surface area contributed by atoms with Gasteiger partial charge in [-0.15, -0.1) is 0 Å². The maximum atomic E-state index is 14.8. The number of ether oxygens (including phenoxy) is 3. The number of likely N-dealkylation sites (tertiary alicyclic amines) is 1. The quantitative estimate of drug-likeness (QED) is 0.437. The van der Waals surface area contributed by atoms with Crippen LogP contribution in [0, 0.1) is 11.3 Å². The normalized spacial score (nSPS) is 17.1. The number of hydrogen-bond donors (Lipinski definition) is 2. The Balaban J connectivity index is 1.51. The molecule has 0 aliphatic carbocycles. The molecule has 0 spiro atoms. The summed E-state index contributed by atoms with van der Waals surface area (Å²) in [4.78, 5) is 25.8. The van der Waals surface area contributed by atoms with Crippen LogP contribution in [0.2, 0.25) is 0 Å². The van der Waals surface area contributed by atoms with Crippen LogP contribution in [0.1, 0.15) is 18.9 Å². The number of alkyl halides is 2. The average molecular weight is 541 g/mol. The smallest absolute Gasteiger partial charge is 0.301 e. The number of halogens is 2. The van der Waals surface area contributed by atoms with Crippen molar-refractivity contribution in [1.29, 1.82) is 5.26 Å². The molecular weight excluding hydrogens is 514 g/mol. The number of nitrogens with one attached hydrogen (secondary N) is 1. The van der Waals surface area contributed by atoms with E-state index in [9.17, 15) is 23.9 Å². The van der Waals surface area contributed by atoms with Gasteiger partial charge in [0.1, 0.15) is 23.7 Å². The minimum absolute atomic E-state index is 0.00437. The predicted octanol–water partition coefficient (Wildman–Crippen LogP) is 3.17. The summed E-state index contributed by atoms with van der Waals surface area (Å²) in [7, 11) is 2.97. The Morgan fingerprint density at radius 3 is 2.64 bits per heavy atom. The van der Waals surface area contributed by atoms with E-state index in [0.29, 0.717) is 22.8 Å². The van der Waals surface area contributed by atoms with E-state index in [4.69, 9.17) is 14.2 Å². The number of carbonyl (C=O) groups is 1. The van der Waals surface area contributed by atoms with Gasteiger partial charge in [-0.2, -0.15) is 10.2 Å². The zero-order chi connectivity index (χ0) is 28.2. The Morgan fingerprint density at radius 1 is 1.21 bits per heavy atom. The Bertz CT molecular complexity index is 1400. The van der Waals surface area contributed by atoms with Gasteiger partial charge in [-0.05, 0) is 43.3 Å². The monoisotopic (exact) mass is 540 g/mol. The number of anilines is 2. The SMILES string of the molecule is COc1ccc(Nc2nccc(-c3ccc(OC4CCN(C(=O)C(C)O)CC4(F)F)c(C#N)c3)n2)nc1OC. The van der Waals surface area contributed by atoms with Crippen LogP contribution in [-0.4, -0.2) is 76.3 Å². The van der Waals surface area contributed by atoms with Crippen molar-refractivity contribution in [1.82, 2.24) is 19.9 Å². The maximum Gasteiger partial charge on any atom is 0.301 e. The molecule has 2 aromatic heterocycles. The molecule has 1 fully saturated rings. The second kappa shape index (κ2) is 11.4. The molecule has 1 amide bonds. The Hall–Kier alpha value is -4.57. The molecular formula is C26H26F2N6O5. The average Bonchev–Trinajstić information content (AvgIpc) is 2.93. The number of carbonyl (C=O) groups excluding carboxylic acids is 1. The lowest BCUT2D eigenvalue weighted by Gasteiger charge is -2.38. The molecule has 0 radical (unpaired) electrons. The fourth-order valence-corrected chi connectivity index (χ4v) is 4.04. The minimum Gasteiger partial charge on any atom is -0.491 e. The third-order valence-corrected chi connectivity index (χ3v) is 6.00. The highest BCUT2D eigenvalue weighted by atomic mass is 19.3. The molecule has 0 saturated carbocycles. The largest absolute Gasteiger partial charge is 0.491 e. The van der Waals surface area contributed by atoms with Crippen molar-refractivity contribution in [3.63, 3.8) is 0 Å². The molecule has 4 rings (SSSR count). The van der Waals surface area contributed by atoms with Gasteiger partial charge in [0.05, 0.1) is 32.0 Å². The number of piperidine rings is 1. The van der Waals surface area contributed by atoms with Crippen LogP contribution in [0.3, 0.4) is 0 Å². The summed E-state index contributed by atoms with van der Waals surface area (Å²) in [6, 6.07) is 11.5. The zero-order valence-electron chi connectivity index (χ0n) is 21.4. The Labute approximate surface area is 223 Å². The number of methoxy groups -OCH3 is 2. The third-order valence-electron chi connectivity index (χ3n) is 6.00. The van der Waals surface area contributed by atoms with Gasteiger partial charge in [-0.3, -0.25) is 4.79 Å². The highest BCUT2D eigenvalue weighted by Gasteiger charge is 2.48. The number of pyridine rings is 1. The van der Waals surface area contributed by atoms with Crippen molar-refractivity contribution in [3.05, 3.63) is 48.2 Å². The van der Waals surface area contributed by atoms with Crippen molar-refractivity contribution in [3.8, 4) is 34.7 Å². The molecule has 1 aliphatic rings. The first-order valence-electron chi connectivity index (χ1n) is 11.9. The van der Waals surface area contributed by atoms with Crippen molar-refractivity contribution in [2.24, 2.45) is 0 Å². The van der Waals surface area contributed by atoms with Gasteiger partial charge in [0.2, 0.25) is 5.95 Å². The van der Waals surface area contributed by atoms with E-state index in [0.717, 1.165) is 4.90 Å². The van der Waals surface area contributed by atoms with E-state index in [2.05, 4.69) is 20.3 Å². The first-order chi connectivity index (χ1) is 18.6. The lowest BCUT2D eigenvalue weighted by Crippen LogP contribution is -2.56. The lowest BCUT2D eigenvalue weighted by atomic mass is 10.0. The van der Waals surface area contributed by atoms with E-state index in [1.165, 1.54) is 39.5 Å². The molecule has 11 nitrogen and oxygen atoms in total. The number of nitriles is 1. The van der Waals surface area contributed by atoms with Crippen LogP contribution in [0.25, 0.3) is 11.3 Å². The topological polar surface area (TPSA) is 143 Å². The van der Waals surface area contributed by atoms with Crippen LogP contribution in [0.4, 0.5) is 20.5 Å². The number of benzene rings is 1. The number of nitrogens with zero attached hydrogens (tertiary/aromatic N) is 5. The Morgan fingerprint density at radius 2 is 1.97 bits per heavy atom. The molecule has 0 bridgehead atoms. The molecule has 39 heavy (non-hydrogen) atoms. The van der Waals surface area contributed by atoms with Gasteiger partial charge in [0.25, 0.3) is 11.8 Å². The van der Waals surface area contributed by atoms with E-state index in [1.807, 2.05) is 6.07 Å². The molecule has 2 unspecified atom stereocenters. The molecule has 2 atom stereocenters.